The van der Waals surface area contributed by atoms with Crippen molar-refractivity contribution < 1.29 is 33.4 Å². The molecule has 0 bridgehead atoms. The molecule has 2 aromatic heterocycles. The van der Waals surface area contributed by atoms with Crippen molar-refractivity contribution in [3.8, 4) is 28.1 Å². The van der Waals surface area contributed by atoms with Crippen LogP contribution in [0, 0.1) is 0 Å². The number of nitrogens with zero attached hydrogens (tertiary/aromatic N) is 4. The SMILES string of the molecule is CCC[C@@H](CC)N(Cc1nc2c(ccc3cc4c(cc32)OCc2cc(-c3cnc(CN(C(=O)CNC(=O)OC)[C@@H](C)CC)[nH]3)ccc2-4)[nH]1)C(=O)CNC(=O)OC. The van der Waals surface area contributed by atoms with Gasteiger partial charge in [0.2, 0.25) is 11.8 Å². The topological polar surface area (TPSA) is 184 Å². The zero-order valence-corrected chi connectivity index (χ0v) is 32.8. The van der Waals surface area contributed by atoms with E-state index in [2.05, 4.69) is 73.2 Å². The average molecular weight is 767 g/mol. The number of amides is 4. The predicted molar refractivity (Wildman–Crippen MR) is 212 cm³/mol. The molecule has 0 aliphatic carbocycles. The van der Waals surface area contributed by atoms with Crippen molar-refractivity contribution in [3.63, 3.8) is 0 Å². The van der Waals surface area contributed by atoms with Gasteiger partial charge < -0.3 is 44.6 Å². The molecule has 4 N–H and O–H groups in total. The summed E-state index contributed by atoms with van der Waals surface area (Å²) >= 11 is 0. The van der Waals surface area contributed by atoms with Crippen LogP contribution >= 0.6 is 0 Å². The van der Waals surface area contributed by atoms with E-state index in [1.54, 1.807) is 16.0 Å². The van der Waals surface area contributed by atoms with Gasteiger partial charge >= 0.3 is 12.2 Å². The van der Waals surface area contributed by atoms with Crippen molar-refractivity contribution in [2.45, 2.75) is 85.2 Å². The number of carbonyl (C=O) groups is 4. The Morgan fingerprint density at radius 1 is 0.857 bits per heavy atom. The van der Waals surface area contributed by atoms with E-state index in [-0.39, 0.29) is 50.1 Å². The van der Waals surface area contributed by atoms with Gasteiger partial charge in [0.15, 0.2) is 0 Å². The van der Waals surface area contributed by atoms with Gasteiger partial charge in [-0.15, -0.1) is 0 Å². The van der Waals surface area contributed by atoms with Crippen LogP contribution in [0.2, 0.25) is 0 Å². The van der Waals surface area contributed by atoms with Crippen LogP contribution in [-0.4, -0.2) is 93.1 Å². The Labute approximate surface area is 325 Å². The fourth-order valence-corrected chi connectivity index (χ4v) is 7.18. The van der Waals surface area contributed by atoms with Crippen LogP contribution < -0.4 is 15.4 Å². The second-order valence-corrected chi connectivity index (χ2v) is 14.0. The molecular weight excluding hydrogens is 716 g/mol. The van der Waals surface area contributed by atoms with E-state index >= 15 is 0 Å². The minimum atomic E-state index is -0.659. The predicted octanol–water partition coefficient (Wildman–Crippen LogP) is 6.41. The average Bonchev–Trinajstić information content (AvgIpc) is 3.88. The molecule has 0 unspecified atom stereocenters. The van der Waals surface area contributed by atoms with Crippen LogP contribution in [0.25, 0.3) is 44.2 Å². The third-order valence-corrected chi connectivity index (χ3v) is 10.4. The number of hydrogen-bond acceptors (Lipinski definition) is 9. The number of fused-ring (bicyclic) bond motifs is 6. The number of alkyl carbamates (subject to hydrolysis) is 2. The molecule has 0 radical (unpaired) electrons. The maximum absolute atomic E-state index is 13.3. The van der Waals surface area contributed by atoms with Gasteiger partial charge in [0, 0.05) is 23.0 Å². The quantitative estimate of drug-likeness (QED) is 0.0935. The van der Waals surface area contributed by atoms with E-state index in [9.17, 15) is 19.2 Å². The van der Waals surface area contributed by atoms with E-state index in [1.165, 1.54) is 14.2 Å². The van der Waals surface area contributed by atoms with Crippen molar-refractivity contribution in [1.29, 1.82) is 0 Å². The van der Waals surface area contributed by atoms with Crippen LogP contribution in [0.3, 0.4) is 0 Å². The smallest absolute Gasteiger partial charge is 0.407 e. The van der Waals surface area contributed by atoms with Crippen LogP contribution in [-0.2, 0) is 38.8 Å². The normalized spacial score (nSPS) is 12.9. The summed E-state index contributed by atoms with van der Waals surface area (Å²) < 4.78 is 15.6. The van der Waals surface area contributed by atoms with Gasteiger partial charge in [-0.1, -0.05) is 45.4 Å². The summed E-state index contributed by atoms with van der Waals surface area (Å²) in [4.78, 5) is 69.4. The summed E-state index contributed by atoms with van der Waals surface area (Å²) in [6.07, 6.45) is 3.71. The second-order valence-electron chi connectivity index (χ2n) is 14.0. The second kappa shape index (κ2) is 17.6. The molecule has 0 saturated heterocycles. The first kappa shape index (κ1) is 39.6. The molecule has 15 nitrogen and oxygen atoms in total. The maximum atomic E-state index is 13.3. The zero-order chi connectivity index (χ0) is 39.9. The number of H-pyrrole nitrogens is 2. The van der Waals surface area contributed by atoms with Gasteiger partial charge in [-0.05, 0) is 72.5 Å². The Morgan fingerprint density at radius 2 is 1.57 bits per heavy atom. The van der Waals surface area contributed by atoms with Crippen molar-refractivity contribution in [3.05, 3.63) is 65.9 Å². The molecule has 5 aromatic rings. The lowest BCUT2D eigenvalue weighted by Crippen LogP contribution is -2.45. The lowest BCUT2D eigenvalue weighted by atomic mass is 9.92. The molecule has 3 aromatic carbocycles. The van der Waals surface area contributed by atoms with E-state index in [4.69, 9.17) is 9.72 Å². The molecule has 0 saturated carbocycles. The van der Waals surface area contributed by atoms with Gasteiger partial charge in [0.1, 0.15) is 37.1 Å². The molecule has 2 atom stereocenters. The molecule has 4 amide bonds. The number of rotatable bonds is 15. The Hall–Kier alpha value is -6.12. The third-order valence-electron chi connectivity index (χ3n) is 10.4. The first-order valence-corrected chi connectivity index (χ1v) is 19.0. The molecule has 296 valence electrons. The summed E-state index contributed by atoms with van der Waals surface area (Å²) in [7, 11) is 2.53. The third kappa shape index (κ3) is 8.56. The first-order valence-electron chi connectivity index (χ1n) is 19.0. The van der Waals surface area contributed by atoms with Gasteiger partial charge in [0.25, 0.3) is 0 Å². The van der Waals surface area contributed by atoms with Gasteiger partial charge in [-0.3, -0.25) is 9.59 Å². The molecule has 3 heterocycles. The zero-order valence-electron chi connectivity index (χ0n) is 32.8. The minimum absolute atomic E-state index is 0.00738. The van der Waals surface area contributed by atoms with Crippen LogP contribution in [0.15, 0.2) is 48.7 Å². The number of methoxy groups -OCH3 is 2. The number of carbonyl (C=O) groups excluding carboxylic acids is 4. The number of nitrogens with one attached hydrogen (secondary N) is 4. The molecule has 0 spiro atoms. The number of aromatic amines is 2. The van der Waals surface area contributed by atoms with Crippen molar-refractivity contribution in [1.82, 2.24) is 40.4 Å². The molecule has 15 heteroatoms. The highest BCUT2D eigenvalue weighted by Crippen LogP contribution is 2.42. The number of ether oxygens (including phenoxy) is 3. The summed E-state index contributed by atoms with van der Waals surface area (Å²) in [5.74, 6) is 1.61. The minimum Gasteiger partial charge on any atom is -0.488 e. The van der Waals surface area contributed by atoms with Crippen LogP contribution in [0.1, 0.15) is 70.6 Å². The first-order chi connectivity index (χ1) is 27.1. The van der Waals surface area contributed by atoms with Gasteiger partial charge in [-0.2, -0.15) is 0 Å². The van der Waals surface area contributed by atoms with Crippen LogP contribution in [0.4, 0.5) is 9.59 Å². The van der Waals surface area contributed by atoms with Gasteiger partial charge in [-0.25, -0.2) is 19.6 Å². The Kier molecular flexibility index (Phi) is 12.4. The van der Waals surface area contributed by atoms with E-state index < -0.39 is 12.2 Å². The summed E-state index contributed by atoms with van der Waals surface area (Å²) in [6, 6.07) is 14.4. The fraction of sp³-hybridized carbons (Fsp3) is 0.415. The standard InChI is InChI=1S/C41H50N8O7/c1-7-10-28(9-3)49(38(51)20-44-41(53)55-6)22-36-45-32-14-12-25-16-31-29-13-11-26(15-27(29)23-56-34(31)17-30(25)39(32)47-36)33-18-42-35(46-33)21-48(24(4)8-2)37(50)19-43-40(52)54-5/h11-18,24,28H,7-10,19-23H2,1-6H3,(H,42,46)(H,43,52)(H,44,53)(H,45,47)/t24-,28+/m0/s1. The number of imidazole rings is 2. The number of benzene rings is 3. The molecule has 6 rings (SSSR count). The highest BCUT2D eigenvalue weighted by molar-refractivity contribution is 6.07. The number of hydrogen-bond donors (Lipinski definition) is 4. The lowest BCUT2D eigenvalue weighted by molar-refractivity contribution is -0.134. The number of aromatic nitrogens is 4. The Morgan fingerprint density at radius 3 is 2.25 bits per heavy atom. The van der Waals surface area contributed by atoms with E-state index in [0.717, 1.165) is 81.2 Å². The lowest BCUT2D eigenvalue weighted by Gasteiger charge is -2.30. The van der Waals surface area contributed by atoms with E-state index in [1.807, 2.05) is 32.0 Å². The van der Waals surface area contributed by atoms with Crippen LogP contribution in [0.5, 0.6) is 5.75 Å². The van der Waals surface area contributed by atoms with Crippen molar-refractivity contribution >= 4 is 45.8 Å². The Bertz CT molecular complexity index is 2230. The van der Waals surface area contributed by atoms with E-state index in [0.29, 0.717) is 18.3 Å². The van der Waals surface area contributed by atoms with Crippen molar-refractivity contribution in [2.24, 2.45) is 0 Å². The highest BCUT2D eigenvalue weighted by atomic mass is 16.5. The summed E-state index contributed by atoms with van der Waals surface area (Å²) in [5.41, 5.74) is 6.47. The molecule has 56 heavy (non-hydrogen) atoms. The molecule has 1 aliphatic rings. The van der Waals surface area contributed by atoms with Crippen molar-refractivity contribution in [2.75, 3.05) is 27.3 Å². The Balaban J connectivity index is 1.23. The largest absolute Gasteiger partial charge is 0.488 e. The maximum Gasteiger partial charge on any atom is 0.407 e. The molecular formula is C41H50N8O7. The highest BCUT2D eigenvalue weighted by Gasteiger charge is 2.26. The molecule has 0 fully saturated rings. The summed E-state index contributed by atoms with van der Waals surface area (Å²) in [5, 5.41) is 6.92. The monoisotopic (exact) mass is 766 g/mol. The van der Waals surface area contributed by atoms with Gasteiger partial charge in [0.05, 0.1) is 50.2 Å². The summed E-state index contributed by atoms with van der Waals surface area (Å²) in [6.45, 7) is 8.69. The fourth-order valence-electron chi connectivity index (χ4n) is 7.18. The molecule has 1 aliphatic heterocycles.